The zero-order valence-corrected chi connectivity index (χ0v) is 26.9. The Morgan fingerprint density at radius 2 is 1.70 bits per heavy atom. The Labute approximate surface area is 277 Å². The van der Waals surface area contributed by atoms with Gasteiger partial charge < -0.3 is 20.2 Å². The number of nitrogens with one attached hydrogen (secondary N) is 1. The summed E-state index contributed by atoms with van der Waals surface area (Å²) in [5.74, 6) is -0.247. The second kappa shape index (κ2) is 13.6. The molecule has 2 N–H and O–H groups in total. The molecule has 4 amide bonds. The summed E-state index contributed by atoms with van der Waals surface area (Å²) in [6, 6.07) is 24.9. The van der Waals surface area contributed by atoms with E-state index in [1.165, 1.54) is 0 Å². The van der Waals surface area contributed by atoms with Gasteiger partial charge in [-0.15, -0.1) is 0 Å². The molecule has 0 spiro atoms. The van der Waals surface area contributed by atoms with Crippen molar-refractivity contribution in [3.63, 3.8) is 0 Å². The molecule has 0 aliphatic carbocycles. The van der Waals surface area contributed by atoms with Gasteiger partial charge in [0.05, 0.1) is 23.1 Å². The number of nitrogens with zero attached hydrogens (tertiary/aromatic N) is 4. The molecular weight excluding hydrogens is 625 g/mol. The molecule has 2 heterocycles. The Hall–Kier alpha value is -4.31. The lowest BCUT2D eigenvalue weighted by molar-refractivity contribution is -0.157. The molecule has 2 atom stereocenters. The van der Waals surface area contributed by atoms with Crippen LogP contribution in [0.4, 0.5) is 4.79 Å². The van der Waals surface area contributed by atoms with Crippen molar-refractivity contribution in [2.24, 2.45) is 0 Å². The van der Waals surface area contributed by atoms with Crippen molar-refractivity contribution in [3.05, 3.63) is 112 Å². The van der Waals surface area contributed by atoms with Gasteiger partial charge in [-0.3, -0.25) is 14.6 Å². The third kappa shape index (κ3) is 6.49. The van der Waals surface area contributed by atoms with E-state index in [9.17, 15) is 19.5 Å². The smallest absolute Gasteiger partial charge is 0.332 e. The number of carbonyl (C=O) groups excluding carboxylic acids is 3. The molecule has 0 bridgehead atoms. The predicted octanol–water partition coefficient (Wildman–Crippen LogP) is 5.81. The number of urea groups is 1. The first-order valence-electron chi connectivity index (χ1n) is 15.3. The van der Waals surface area contributed by atoms with Crippen molar-refractivity contribution in [2.45, 2.75) is 45.1 Å². The number of hydrogen-bond acceptors (Lipinski definition) is 5. The van der Waals surface area contributed by atoms with Crippen LogP contribution in [0.25, 0.3) is 10.8 Å². The Morgan fingerprint density at radius 3 is 2.46 bits per heavy atom. The largest absolute Gasteiger partial charge is 0.508 e. The van der Waals surface area contributed by atoms with E-state index in [4.69, 9.17) is 23.2 Å². The fourth-order valence-electron chi connectivity index (χ4n) is 6.36. The van der Waals surface area contributed by atoms with E-state index < -0.39 is 12.2 Å². The van der Waals surface area contributed by atoms with E-state index in [0.717, 1.165) is 27.5 Å². The number of phenolic OH excluding ortho intramolecular Hbond substituents is 1. The van der Waals surface area contributed by atoms with Crippen LogP contribution in [-0.4, -0.2) is 74.6 Å². The number of hydrogen-bond donors (Lipinski definition) is 2. The minimum Gasteiger partial charge on any atom is -0.508 e. The predicted molar refractivity (Wildman–Crippen MR) is 178 cm³/mol. The van der Waals surface area contributed by atoms with Crippen LogP contribution in [0.1, 0.15) is 30.0 Å². The van der Waals surface area contributed by atoms with Crippen molar-refractivity contribution in [1.29, 1.82) is 0 Å². The topological polar surface area (TPSA) is 96.4 Å². The summed E-state index contributed by atoms with van der Waals surface area (Å²) in [6.45, 7) is 3.13. The molecule has 9 nitrogen and oxygen atoms in total. The third-order valence-corrected chi connectivity index (χ3v) is 9.32. The van der Waals surface area contributed by atoms with Crippen molar-refractivity contribution >= 4 is 51.8 Å². The average molecular weight is 661 g/mol. The van der Waals surface area contributed by atoms with Gasteiger partial charge in [0.25, 0.3) is 0 Å². The Balaban J connectivity index is 1.30. The first-order valence-corrected chi connectivity index (χ1v) is 16.1. The molecule has 6 rings (SSSR count). The highest BCUT2D eigenvalue weighted by molar-refractivity contribution is 6.42. The number of benzene rings is 4. The molecule has 0 radical (unpaired) electrons. The fraction of sp³-hybridized carbons (Fsp3) is 0.286. The highest BCUT2D eigenvalue weighted by Crippen LogP contribution is 2.32. The van der Waals surface area contributed by atoms with Gasteiger partial charge in [-0.1, -0.05) is 90.8 Å². The summed E-state index contributed by atoms with van der Waals surface area (Å²) in [6.07, 6.45) is 0.385. The van der Waals surface area contributed by atoms with Crippen LogP contribution in [0.15, 0.2) is 84.9 Å². The maximum atomic E-state index is 14.2. The van der Waals surface area contributed by atoms with Gasteiger partial charge >= 0.3 is 6.03 Å². The normalized spacial score (nSPS) is 18.2. The van der Waals surface area contributed by atoms with Gasteiger partial charge in [0, 0.05) is 26.1 Å². The lowest BCUT2D eigenvalue weighted by atomic mass is 9.99. The zero-order chi connectivity index (χ0) is 32.4. The molecule has 2 saturated heterocycles. The zero-order valence-electron chi connectivity index (χ0n) is 25.4. The monoisotopic (exact) mass is 659 g/mol. The molecule has 0 unspecified atom stereocenters. The summed E-state index contributed by atoms with van der Waals surface area (Å²) in [7, 11) is 0. The van der Waals surface area contributed by atoms with Crippen molar-refractivity contribution in [2.75, 3.05) is 19.6 Å². The second-order valence-corrected chi connectivity index (χ2v) is 12.5. The molecule has 2 aliphatic heterocycles. The summed E-state index contributed by atoms with van der Waals surface area (Å²) < 4.78 is 0. The molecule has 4 aromatic rings. The van der Waals surface area contributed by atoms with Gasteiger partial charge in [0.15, 0.2) is 0 Å². The highest BCUT2D eigenvalue weighted by atomic mass is 35.5. The number of carbonyl (C=O) groups is 3. The third-order valence-electron chi connectivity index (χ3n) is 8.58. The molecule has 0 saturated carbocycles. The van der Waals surface area contributed by atoms with Gasteiger partial charge in [-0.05, 0) is 58.1 Å². The number of piperazine rings is 1. The van der Waals surface area contributed by atoms with Crippen LogP contribution >= 0.6 is 23.2 Å². The van der Waals surface area contributed by atoms with Crippen LogP contribution < -0.4 is 5.32 Å². The molecule has 46 heavy (non-hydrogen) atoms. The number of halogens is 2. The van der Waals surface area contributed by atoms with Crippen LogP contribution in [-0.2, 0) is 29.1 Å². The summed E-state index contributed by atoms with van der Waals surface area (Å²) in [4.78, 5) is 45.1. The van der Waals surface area contributed by atoms with E-state index >= 15 is 0 Å². The second-order valence-electron chi connectivity index (χ2n) is 11.7. The summed E-state index contributed by atoms with van der Waals surface area (Å²) >= 11 is 12.2. The van der Waals surface area contributed by atoms with Crippen molar-refractivity contribution < 1.29 is 19.5 Å². The first-order chi connectivity index (χ1) is 22.2. The molecule has 2 aliphatic rings. The number of rotatable bonds is 9. The van der Waals surface area contributed by atoms with Gasteiger partial charge in [0.2, 0.25) is 11.8 Å². The van der Waals surface area contributed by atoms with Gasteiger partial charge in [0.1, 0.15) is 18.0 Å². The average Bonchev–Trinajstić information content (AvgIpc) is 3.38. The number of aromatic hydroxyl groups is 1. The molecule has 2 fully saturated rings. The maximum absolute atomic E-state index is 14.2. The first kappa shape index (κ1) is 31.7. The molecule has 11 heteroatoms. The van der Waals surface area contributed by atoms with E-state index in [1.54, 1.807) is 62.3 Å². The minimum absolute atomic E-state index is 0.0354. The van der Waals surface area contributed by atoms with Crippen molar-refractivity contribution in [3.8, 4) is 5.75 Å². The van der Waals surface area contributed by atoms with Crippen LogP contribution in [0.2, 0.25) is 10.0 Å². The number of fused-ring (bicyclic) bond motifs is 2. The lowest BCUT2D eigenvalue weighted by Crippen LogP contribution is -2.66. The summed E-state index contributed by atoms with van der Waals surface area (Å²) in [5.41, 5.74) is 2.61. The van der Waals surface area contributed by atoms with Crippen LogP contribution in [0.3, 0.4) is 0 Å². The Morgan fingerprint density at radius 1 is 0.957 bits per heavy atom. The van der Waals surface area contributed by atoms with E-state index in [-0.39, 0.29) is 49.7 Å². The summed E-state index contributed by atoms with van der Waals surface area (Å²) in [5, 5.41) is 19.2. The molecule has 0 aromatic heterocycles. The lowest BCUT2D eigenvalue weighted by Gasteiger charge is -2.46. The Bertz CT molecular complexity index is 1760. The van der Waals surface area contributed by atoms with Gasteiger partial charge in [-0.25, -0.2) is 4.79 Å². The molecule has 4 aromatic carbocycles. The van der Waals surface area contributed by atoms with E-state index in [2.05, 4.69) is 5.32 Å². The Kier molecular flexibility index (Phi) is 9.35. The van der Waals surface area contributed by atoms with E-state index in [1.807, 2.05) is 49.4 Å². The van der Waals surface area contributed by atoms with Crippen LogP contribution in [0.5, 0.6) is 5.75 Å². The number of amides is 4. The fourth-order valence-corrected chi connectivity index (χ4v) is 6.68. The van der Waals surface area contributed by atoms with Gasteiger partial charge in [-0.2, -0.15) is 5.01 Å². The molecule has 238 valence electrons. The highest BCUT2D eigenvalue weighted by Gasteiger charge is 2.52. The maximum Gasteiger partial charge on any atom is 0.332 e. The minimum atomic E-state index is -0.779. The quantitative estimate of drug-likeness (QED) is 0.236. The van der Waals surface area contributed by atoms with Crippen molar-refractivity contribution in [1.82, 2.24) is 25.1 Å². The van der Waals surface area contributed by atoms with E-state index in [0.29, 0.717) is 29.6 Å². The van der Waals surface area contributed by atoms with Crippen LogP contribution in [0, 0.1) is 0 Å². The molecular formula is C35H35Cl2N5O4. The number of phenols is 1. The SMILES string of the molecule is CCCN(C(=O)NCc1ccc(Cl)c(Cl)c1)N1CC(=O)N2[C@@H](Cc3ccc(O)cc3)C(=O)N(Cc3cccc4ccccc34)C[C@@H]21. The number of hydrazine groups is 1. The standard InChI is InChI=1S/C35H35Cl2N5O4/c1-2-16-40(35(46)38-19-24-12-15-29(36)30(37)17-24)41-22-33(44)42-31(18-23-10-13-27(43)14-11-23)34(45)39(21-32(41)42)20-26-8-5-7-25-6-3-4-9-28(25)26/h3-15,17,31-32,43H,2,16,18-22H2,1H3,(H,38,46)/t31-,32+/m0/s1.